The van der Waals surface area contributed by atoms with Crippen LogP contribution in [-0.2, 0) is 10.0 Å². The molecule has 6 heteroatoms. The topological polar surface area (TPSA) is 63.4 Å². The SMILES string of the molecule is CC1CN(CCCS(N)(=O)=O)CC(C)S1. The van der Waals surface area contributed by atoms with Crippen molar-refractivity contribution in [3.8, 4) is 0 Å². The van der Waals surface area contributed by atoms with Gasteiger partial charge in [0.1, 0.15) is 0 Å². The molecule has 0 bridgehead atoms. The molecule has 1 saturated heterocycles. The summed E-state index contributed by atoms with van der Waals surface area (Å²) in [6, 6.07) is 0. The van der Waals surface area contributed by atoms with Crippen molar-refractivity contribution in [3.05, 3.63) is 0 Å². The number of hydrogen-bond acceptors (Lipinski definition) is 4. The van der Waals surface area contributed by atoms with Gasteiger partial charge < -0.3 is 4.90 Å². The third-order valence-corrected chi connectivity index (χ3v) is 4.48. The minimum Gasteiger partial charge on any atom is -0.301 e. The zero-order valence-corrected chi connectivity index (χ0v) is 11.0. The predicted octanol–water partition coefficient (Wildman–Crippen LogP) is 0.491. The predicted molar refractivity (Wildman–Crippen MR) is 65.5 cm³/mol. The Labute approximate surface area is 96.6 Å². The first-order valence-corrected chi connectivity index (χ1v) is 7.91. The molecular formula is C9H20N2O2S2. The summed E-state index contributed by atoms with van der Waals surface area (Å²) in [4.78, 5) is 2.33. The largest absolute Gasteiger partial charge is 0.301 e. The second-order valence-corrected chi connectivity index (χ2v) is 7.85. The highest BCUT2D eigenvalue weighted by atomic mass is 32.2. The molecule has 0 aromatic heterocycles. The summed E-state index contributed by atoms with van der Waals surface area (Å²) < 4.78 is 21.5. The molecule has 15 heavy (non-hydrogen) atoms. The Morgan fingerprint density at radius 3 is 2.33 bits per heavy atom. The van der Waals surface area contributed by atoms with Crippen LogP contribution in [0.25, 0.3) is 0 Å². The van der Waals surface area contributed by atoms with Crippen LogP contribution in [0, 0.1) is 0 Å². The number of thioether (sulfide) groups is 1. The van der Waals surface area contributed by atoms with Crippen LogP contribution in [-0.4, -0.2) is 49.2 Å². The lowest BCUT2D eigenvalue weighted by molar-refractivity contribution is 0.272. The smallest absolute Gasteiger partial charge is 0.209 e. The molecule has 2 unspecified atom stereocenters. The molecule has 2 N–H and O–H groups in total. The molecule has 0 amide bonds. The second-order valence-electron chi connectivity index (χ2n) is 4.24. The summed E-state index contributed by atoms with van der Waals surface area (Å²) in [6.45, 7) is 7.38. The Balaban J connectivity index is 2.26. The van der Waals surface area contributed by atoms with Crippen LogP contribution in [0.5, 0.6) is 0 Å². The van der Waals surface area contributed by atoms with Gasteiger partial charge in [-0.15, -0.1) is 0 Å². The Kier molecular flexibility index (Phi) is 4.89. The molecule has 0 aromatic rings. The van der Waals surface area contributed by atoms with E-state index in [0.717, 1.165) is 19.6 Å². The number of nitrogens with zero attached hydrogens (tertiary/aromatic N) is 1. The monoisotopic (exact) mass is 252 g/mol. The minimum absolute atomic E-state index is 0.0966. The Morgan fingerprint density at radius 2 is 1.87 bits per heavy atom. The van der Waals surface area contributed by atoms with Gasteiger partial charge in [0.15, 0.2) is 0 Å². The quantitative estimate of drug-likeness (QED) is 0.791. The van der Waals surface area contributed by atoms with Crippen LogP contribution in [0.4, 0.5) is 0 Å². The molecule has 0 saturated carbocycles. The summed E-state index contributed by atoms with van der Waals surface area (Å²) >= 11 is 2.00. The molecule has 4 nitrogen and oxygen atoms in total. The highest BCUT2D eigenvalue weighted by Crippen LogP contribution is 2.24. The Bertz CT molecular complexity index is 282. The van der Waals surface area contributed by atoms with Crippen LogP contribution in [0.1, 0.15) is 20.3 Å². The van der Waals surface area contributed by atoms with Gasteiger partial charge in [-0.2, -0.15) is 11.8 Å². The van der Waals surface area contributed by atoms with Gasteiger partial charge in [0.05, 0.1) is 5.75 Å². The Morgan fingerprint density at radius 1 is 1.33 bits per heavy atom. The van der Waals surface area contributed by atoms with Crippen molar-refractivity contribution in [1.29, 1.82) is 0 Å². The van der Waals surface area contributed by atoms with Gasteiger partial charge in [-0.25, -0.2) is 13.6 Å². The van der Waals surface area contributed by atoms with Crippen LogP contribution < -0.4 is 5.14 Å². The maximum atomic E-state index is 10.8. The van der Waals surface area contributed by atoms with Crippen LogP contribution in [0.15, 0.2) is 0 Å². The van der Waals surface area contributed by atoms with Gasteiger partial charge in [-0.1, -0.05) is 13.8 Å². The first kappa shape index (κ1) is 13.3. The van der Waals surface area contributed by atoms with Crippen LogP contribution >= 0.6 is 11.8 Å². The number of hydrogen-bond donors (Lipinski definition) is 1. The molecule has 1 aliphatic rings. The maximum Gasteiger partial charge on any atom is 0.209 e. The fourth-order valence-corrected chi connectivity index (χ4v) is 3.87. The van der Waals surface area contributed by atoms with Crippen molar-refractivity contribution < 1.29 is 8.42 Å². The van der Waals surface area contributed by atoms with Crippen molar-refractivity contribution in [2.45, 2.75) is 30.8 Å². The fraction of sp³-hybridized carbons (Fsp3) is 1.00. The standard InChI is InChI=1S/C9H20N2O2S2/c1-8-6-11(7-9(2)14-8)4-3-5-15(10,12)13/h8-9H,3-7H2,1-2H3,(H2,10,12,13). The fourth-order valence-electron chi connectivity index (χ4n) is 1.96. The van der Waals surface area contributed by atoms with E-state index in [1.165, 1.54) is 0 Å². The van der Waals surface area contributed by atoms with Crippen molar-refractivity contribution in [2.24, 2.45) is 5.14 Å². The minimum atomic E-state index is -3.28. The Hall–Kier alpha value is 0.220. The molecule has 1 heterocycles. The number of sulfonamides is 1. The van der Waals surface area contributed by atoms with E-state index in [1.54, 1.807) is 0 Å². The molecule has 0 radical (unpaired) electrons. The van der Waals surface area contributed by atoms with Crippen molar-refractivity contribution in [2.75, 3.05) is 25.4 Å². The lowest BCUT2D eigenvalue weighted by Gasteiger charge is -2.34. The second kappa shape index (κ2) is 5.52. The lowest BCUT2D eigenvalue weighted by Crippen LogP contribution is -2.41. The molecule has 0 spiro atoms. The van der Waals surface area contributed by atoms with E-state index in [0.29, 0.717) is 16.9 Å². The van der Waals surface area contributed by atoms with E-state index in [4.69, 9.17) is 5.14 Å². The van der Waals surface area contributed by atoms with Gasteiger partial charge in [0.2, 0.25) is 10.0 Å². The third kappa shape index (κ3) is 5.75. The number of rotatable bonds is 4. The highest BCUT2D eigenvalue weighted by Gasteiger charge is 2.21. The van der Waals surface area contributed by atoms with Crippen molar-refractivity contribution in [1.82, 2.24) is 4.90 Å². The van der Waals surface area contributed by atoms with E-state index in [2.05, 4.69) is 18.7 Å². The van der Waals surface area contributed by atoms with Crippen LogP contribution in [0.3, 0.4) is 0 Å². The molecule has 1 rings (SSSR count). The van der Waals surface area contributed by atoms with Gasteiger partial charge in [-0.3, -0.25) is 0 Å². The normalized spacial score (nSPS) is 29.3. The van der Waals surface area contributed by atoms with Crippen molar-refractivity contribution in [3.63, 3.8) is 0 Å². The summed E-state index contributed by atoms with van der Waals surface area (Å²) in [5, 5.41) is 6.24. The molecule has 2 atom stereocenters. The molecule has 0 aromatic carbocycles. The maximum absolute atomic E-state index is 10.8. The first-order chi connectivity index (χ1) is 6.87. The zero-order valence-electron chi connectivity index (χ0n) is 9.35. The average molecular weight is 252 g/mol. The number of nitrogens with two attached hydrogens (primary N) is 1. The molecule has 1 fully saturated rings. The van der Waals surface area contributed by atoms with E-state index >= 15 is 0 Å². The molecule has 1 aliphatic heterocycles. The van der Waals surface area contributed by atoms with Gasteiger partial charge in [0.25, 0.3) is 0 Å². The first-order valence-electron chi connectivity index (χ1n) is 5.25. The summed E-state index contributed by atoms with van der Waals surface area (Å²) in [6.07, 6.45) is 0.642. The molecule has 0 aliphatic carbocycles. The zero-order chi connectivity index (χ0) is 11.5. The third-order valence-electron chi connectivity index (χ3n) is 2.40. The van der Waals surface area contributed by atoms with E-state index in [-0.39, 0.29) is 5.75 Å². The number of primary sulfonamides is 1. The summed E-state index contributed by atoms with van der Waals surface area (Å²) in [5.41, 5.74) is 0. The highest BCUT2D eigenvalue weighted by molar-refractivity contribution is 8.00. The van der Waals surface area contributed by atoms with Crippen LogP contribution in [0.2, 0.25) is 0 Å². The van der Waals surface area contributed by atoms with Crippen molar-refractivity contribution >= 4 is 21.8 Å². The lowest BCUT2D eigenvalue weighted by atomic mass is 10.3. The molecular weight excluding hydrogens is 232 g/mol. The average Bonchev–Trinajstić information content (AvgIpc) is 1.99. The van der Waals surface area contributed by atoms with E-state index in [9.17, 15) is 8.42 Å². The van der Waals surface area contributed by atoms with E-state index < -0.39 is 10.0 Å². The van der Waals surface area contributed by atoms with Gasteiger partial charge in [-0.05, 0) is 13.0 Å². The summed E-state index contributed by atoms with van der Waals surface area (Å²) in [7, 11) is -3.28. The van der Waals surface area contributed by atoms with E-state index in [1.807, 2.05) is 11.8 Å². The molecule has 90 valence electrons. The van der Waals surface area contributed by atoms with Gasteiger partial charge in [0, 0.05) is 23.6 Å². The summed E-state index contributed by atoms with van der Waals surface area (Å²) in [5.74, 6) is 0.0966. The van der Waals surface area contributed by atoms with Gasteiger partial charge >= 0.3 is 0 Å².